The molecule has 0 unspecified atom stereocenters. The summed E-state index contributed by atoms with van der Waals surface area (Å²) >= 11 is 0. The molecule has 1 aliphatic rings. The van der Waals surface area contributed by atoms with Crippen LogP contribution in [0.5, 0.6) is 0 Å². The molecule has 1 aromatic heterocycles. The second-order valence-corrected chi connectivity index (χ2v) is 6.29. The molecule has 0 spiro atoms. The summed E-state index contributed by atoms with van der Waals surface area (Å²) in [4.78, 5) is 14.2. The van der Waals surface area contributed by atoms with Crippen molar-refractivity contribution in [1.82, 2.24) is 14.7 Å². The van der Waals surface area contributed by atoms with Crippen molar-refractivity contribution in [2.24, 2.45) is 5.73 Å². The van der Waals surface area contributed by atoms with Crippen molar-refractivity contribution >= 4 is 5.91 Å². The lowest BCUT2D eigenvalue weighted by Crippen LogP contribution is -2.36. The van der Waals surface area contributed by atoms with Crippen LogP contribution in [0.2, 0.25) is 0 Å². The maximum absolute atomic E-state index is 11.9. The molecular weight excluding hydrogens is 304 g/mol. The first-order valence-corrected chi connectivity index (χ1v) is 8.47. The maximum atomic E-state index is 11.9. The minimum absolute atomic E-state index is 0.199. The van der Waals surface area contributed by atoms with Crippen molar-refractivity contribution in [3.8, 4) is 5.69 Å². The van der Waals surface area contributed by atoms with E-state index in [0.717, 1.165) is 50.3 Å². The van der Waals surface area contributed by atoms with Crippen LogP contribution in [0.25, 0.3) is 5.69 Å². The van der Waals surface area contributed by atoms with E-state index in [1.807, 2.05) is 30.3 Å². The van der Waals surface area contributed by atoms with Gasteiger partial charge in [-0.25, -0.2) is 4.68 Å². The molecule has 1 aliphatic heterocycles. The minimum Gasteiger partial charge on any atom is -0.396 e. The molecule has 1 fully saturated rings. The number of aliphatic hydroxyl groups excluding tert-OH is 1. The van der Waals surface area contributed by atoms with E-state index >= 15 is 0 Å². The molecule has 0 radical (unpaired) electrons. The lowest BCUT2D eigenvalue weighted by atomic mass is 9.92. The van der Waals surface area contributed by atoms with Gasteiger partial charge in [0.15, 0.2) is 0 Å². The average Bonchev–Trinajstić information content (AvgIpc) is 3.07. The van der Waals surface area contributed by atoms with Crippen LogP contribution >= 0.6 is 0 Å². The van der Waals surface area contributed by atoms with E-state index in [-0.39, 0.29) is 12.5 Å². The zero-order valence-corrected chi connectivity index (χ0v) is 13.8. The Morgan fingerprint density at radius 2 is 2.12 bits per heavy atom. The Kier molecular flexibility index (Phi) is 5.27. The molecule has 6 heteroatoms. The number of aromatic nitrogens is 2. The molecular formula is C18H24N4O2. The monoisotopic (exact) mass is 328 g/mol. The molecule has 1 saturated heterocycles. The smallest absolute Gasteiger partial charge is 0.252 e. The molecule has 1 atom stereocenters. The van der Waals surface area contributed by atoms with Gasteiger partial charge >= 0.3 is 0 Å². The second-order valence-electron chi connectivity index (χ2n) is 6.29. The molecule has 1 amide bonds. The maximum Gasteiger partial charge on any atom is 0.252 e. The minimum atomic E-state index is -0.431. The van der Waals surface area contributed by atoms with Crippen LogP contribution in [0.3, 0.4) is 0 Å². The summed E-state index contributed by atoms with van der Waals surface area (Å²) in [5.74, 6) is -0.232. The summed E-state index contributed by atoms with van der Waals surface area (Å²) in [6.45, 7) is 2.96. The summed E-state index contributed by atoms with van der Waals surface area (Å²) in [5.41, 5.74) is 7.80. The first kappa shape index (κ1) is 16.7. The molecule has 2 aromatic rings. The SMILES string of the molecule is NC(=O)c1cn(-c2ccccc2)nc1[C@@H]1CCCN(CCCO)C1. The summed E-state index contributed by atoms with van der Waals surface area (Å²) in [6.07, 6.45) is 4.57. The number of benzene rings is 1. The van der Waals surface area contributed by atoms with Gasteiger partial charge in [0, 0.05) is 31.8 Å². The van der Waals surface area contributed by atoms with Crippen molar-refractivity contribution < 1.29 is 9.90 Å². The van der Waals surface area contributed by atoms with Gasteiger partial charge in [-0.2, -0.15) is 5.10 Å². The number of rotatable bonds is 6. The molecule has 3 rings (SSSR count). The number of para-hydroxylation sites is 1. The van der Waals surface area contributed by atoms with Crippen molar-refractivity contribution in [2.75, 3.05) is 26.2 Å². The third-order valence-corrected chi connectivity index (χ3v) is 4.55. The van der Waals surface area contributed by atoms with E-state index in [1.165, 1.54) is 0 Å². The summed E-state index contributed by atoms with van der Waals surface area (Å²) < 4.78 is 1.74. The van der Waals surface area contributed by atoms with E-state index in [1.54, 1.807) is 10.9 Å². The van der Waals surface area contributed by atoms with E-state index in [4.69, 9.17) is 10.8 Å². The van der Waals surface area contributed by atoms with Gasteiger partial charge in [-0.3, -0.25) is 4.79 Å². The molecule has 3 N–H and O–H groups in total. The van der Waals surface area contributed by atoms with Crippen LogP contribution in [0.1, 0.15) is 41.2 Å². The first-order valence-electron chi connectivity index (χ1n) is 8.47. The largest absolute Gasteiger partial charge is 0.396 e. The van der Waals surface area contributed by atoms with Crippen LogP contribution in [0.4, 0.5) is 0 Å². The van der Waals surface area contributed by atoms with E-state index in [9.17, 15) is 4.79 Å². The number of likely N-dealkylation sites (tertiary alicyclic amines) is 1. The molecule has 24 heavy (non-hydrogen) atoms. The molecule has 6 nitrogen and oxygen atoms in total. The average molecular weight is 328 g/mol. The normalized spacial score (nSPS) is 18.6. The third kappa shape index (κ3) is 3.66. The Hall–Kier alpha value is -2.18. The molecule has 0 saturated carbocycles. The number of nitrogens with two attached hydrogens (primary N) is 1. The molecule has 128 valence electrons. The number of aliphatic hydroxyl groups is 1. The highest BCUT2D eigenvalue weighted by atomic mass is 16.3. The Balaban J connectivity index is 1.86. The van der Waals surface area contributed by atoms with E-state index in [0.29, 0.717) is 5.56 Å². The number of hydrogen-bond donors (Lipinski definition) is 2. The predicted octanol–water partition coefficient (Wildman–Crippen LogP) is 1.53. The summed E-state index contributed by atoms with van der Waals surface area (Å²) in [6, 6.07) is 9.74. The Morgan fingerprint density at radius 3 is 2.83 bits per heavy atom. The van der Waals surface area contributed by atoms with Gasteiger partial charge in [-0.1, -0.05) is 18.2 Å². The Morgan fingerprint density at radius 1 is 1.33 bits per heavy atom. The third-order valence-electron chi connectivity index (χ3n) is 4.55. The predicted molar refractivity (Wildman–Crippen MR) is 92.2 cm³/mol. The standard InChI is InChI=1S/C18H24N4O2/c19-18(24)16-13-22(15-7-2-1-3-8-15)20-17(16)14-6-4-9-21(12-14)10-5-11-23/h1-3,7-8,13-14,23H,4-6,9-12H2,(H2,19,24)/t14-/m1/s1. The van der Waals surface area contributed by atoms with Gasteiger partial charge in [-0.15, -0.1) is 0 Å². The van der Waals surface area contributed by atoms with Gasteiger partial charge in [0.1, 0.15) is 0 Å². The molecule has 0 bridgehead atoms. The number of primary amides is 1. The number of carbonyl (C=O) groups excluding carboxylic acids is 1. The number of nitrogens with zero attached hydrogens (tertiary/aromatic N) is 3. The van der Waals surface area contributed by atoms with E-state index in [2.05, 4.69) is 10.00 Å². The highest BCUT2D eigenvalue weighted by molar-refractivity contribution is 5.94. The Labute approximate surface area is 141 Å². The highest BCUT2D eigenvalue weighted by Crippen LogP contribution is 2.29. The number of amides is 1. The van der Waals surface area contributed by atoms with Crippen molar-refractivity contribution in [1.29, 1.82) is 0 Å². The van der Waals surface area contributed by atoms with Crippen molar-refractivity contribution in [2.45, 2.75) is 25.2 Å². The van der Waals surface area contributed by atoms with Crippen molar-refractivity contribution in [3.05, 3.63) is 47.8 Å². The number of carbonyl (C=O) groups is 1. The fraction of sp³-hybridized carbons (Fsp3) is 0.444. The Bertz CT molecular complexity index is 684. The zero-order valence-electron chi connectivity index (χ0n) is 13.8. The van der Waals surface area contributed by atoms with Crippen LogP contribution in [-0.4, -0.2) is 51.9 Å². The van der Waals surface area contributed by atoms with Gasteiger partial charge in [0.25, 0.3) is 5.91 Å². The molecule has 2 heterocycles. The number of hydrogen-bond acceptors (Lipinski definition) is 4. The lowest BCUT2D eigenvalue weighted by molar-refractivity contribution is 0.0997. The van der Waals surface area contributed by atoms with Gasteiger partial charge in [-0.05, 0) is 37.9 Å². The fourth-order valence-electron chi connectivity index (χ4n) is 3.37. The fourth-order valence-corrected chi connectivity index (χ4v) is 3.37. The van der Waals surface area contributed by atoms with Gasteiger partial charge in [0.2, 0.25) is 0 Å². The lowest BCUT2D eigenvalue weighted by Gasteiger charge is -2.32. The van der Waals surface area contributed by atoms with E-state index < -0.39 is 5.91 Å². The van der Waals surface area contributed by atoms with Crippen molar-refractivity contribution in [3.63, 3.8) is 0 Å². The highest BCUT2D eigenvalue weighted by Gasteiger charge is 2.27. The summed E-state index contributed by atoms with van der Waals surface area (Å²) in [7, 11) is 0. The second kappa shape index (κ2) is 7.59. The quantitative estimate of drug-likeness (QED) is 0.842. The number of piperidine rings is 1. The van der Waals surface area contributed by atoms with Gasteiger partial charge < -0.3 is 15.7 Å². The molecule has 1 aromatic carbocycles. The first-order chi connectivity index (χ1) is 11.7. The van der Waals surface area contributed by atoms with Crippen LogP contribution < -0.4 is 5.73 Å². The molecule has 0 aliphatic carbocycles. The zero-order chi connectivity index (χ0) is 16.9. The van der Waals surface area contributed by atoms with Gasteiger partial charge in [0.05, 0.1) is 16.9 Å². The summed E-state index contributed by atoms with van der Waals surface area (Å²) in [5, 5.41) is 13.7. The van der Waals surface area contributed by atoms with Crippen LogP contribution in [0, 0.1) is 0 Å². The van der Waals surface area contributed by atoms with Crippen LogP contribution in [-0.2, 0) is 0 Å². The topological polar surface area (TPSA) is 84.4 Å². The van der Waals surface area contributed by atoms with Crippen LogP contribution in [0.15, 0.2) is 36.5 Å².